The number of halogens is 1. The molecule has 0 fully saturated rings. The number of benzene rings is 2. The van der Waals surface area contributed by atoms with Crippen LogP contribution >= 0.6 is 11.6 Å². The van der Waals surface area contributed by atoms with Crippen molar-refractivity contribution >= 4 is 27.6 Å². The highest BCUT2D eigenvalue weighted by molar-refractivity contribution is 7.87. The lowest BCUT2D eigenvalue weighted by Crippen LogP contribution is -2.11. The maximum Gasteiger partial charge on any atom is 0.340 e. The van der Waals surface area contributed by atoms with Gasteiger partial charge >= 0.3 is 10.1 Å². The van der Waals surface area contributed by atoms with Gasteiger partial charge in [-0.05, 0) is 49.6 Å². The minimum atomic E-state index is -4.04. The topological polar surface area (TPSA) is 102 Å². The highest BCUT2D eigenvalue weighted by Gasteiger charge is 2.20. The van der Waals surface area contributed by atoms with E-state index in [1.807, 2.05) is 6.92 Å². The number of ether oxygens (including phenoxy) is 1. The molecule has 0 saturated heterocycles. The lowest BCUT2D eigenvalue weighted by atomic mass is 10.2. The quantitative estimate of drug-likeness (QED) is 0.289. The van der Waals surface area contributed by atoms with Crippen LogP contribution in [0, 0.1) is 12.3 Å². The molecule has 2 aromatic carbocycles. The van der Waals surface area contributed by atoms with Gasteiger partial charge in [0.2, 0.25) is 0 Å². The van der Waals surface area contributed by atoms with E-state index in [0.717, 1.165) is 18.4 Å². The minimum absolute atomic E-state index is 0.0881. The number of hydrogen-bond donors (Lipinski definition) is 2. The number of amidine groups is 1. The van der Waals surface area contributed by atoms with Crippen molar-refractivity contribution in [1.82, 2.24) is 0 Å². The fourth-order valence-electron chi connectivity index (χ4n) is 2.27. The van der Waals surface area contributed by atoms with Gasteiger partial charge < -0.3 is 14.7 Å². The average Bonchev–Trinajstić information content (AvgIpc) is 2.53. The standard InChI is InChI=1S/C18H21ClN2O4S/c1-13-10-14(24-9-5-4-8-18(20)21)12-15(11-13)25-26(22,23)17-7-3-2-6-16(17)19/h2-3,6-7,10-12H,4-5,8-9H2,1H3,(H3,20,21). The molecule has 0 unspecified atom stereocenters. The highest BCUT2D eigenvalue weighted by Crippen LogP contribution is 2.28. The number of rotatable bonds is 9. The van der Waals surface area contributed by atoms with Crippen molar-refractivity contribution in [2.45, 2.75) is 31.1 Å². The van der Waals surface area contributed by atoms with Crippen molar-refractivity contribution in [1.29, 1.82) is 5.41 Å². The molecule has 0 aromatic heterocycles. The molecule has 3 N–H and O–H groups in total. The third kappa shape index (κ3) is 5.93. The molecule has 8 heteroatoms. The van der Waals surface area contributed by atoms with Crippen molar-refractivity contribution in [2.24, 2.45) is 5.73 Å². The summed E-state index contributed by atoms with van der Waals surface area (Å²) < 4.78 is 35.7. The van der Waals surface area contributed by atoms with Gasteiger partial charge in [0.25, 0.3) is 0 Å². The number of aryl methyl sites for hydroxylation is 1. The zero-order chi connectivity index (χ0) is 19.2. The lowest BCUT2D eigenvalue weighted by Gasteiger charge is -2.12. The zero-order valence-electron chi connectivity index (χ0n) is 14.4. The van der Waals surface area contributed by atoms with Crippen molar-refractivity contribution in [3.05, 3.63) is 53.1 Å². The van der Waals surface area contributed by atoms with Gasteiger partial charge in [0, 0.05) is 12.5 Å². The summed E-state index contributed by atoms with van der Waals surface area (Å²) in [4.78, 5) is -0.0881. The number of nitrogens with two attached hydrogens (primary N) is 1. The highest BCUT2D eigenvalue weighted by atomic mass is 35.5. The maximum atomic E-state index is 12.4. The summed E-state index contributed by atoms with van der Waals surface area (Å²) >= 11 is 5.95. The molecule has 140 valence electrons. The Balaban J connectivity index is 2.07. The summed E-state index contributed by atoms with van der Waals surface area (Å²) in [5, 5.41) is 7.27. The summed E-state index contributed by atoms with van der Waals surface area (Å²) in [6, 6.07) is 11.0. The number of hydrogen-bond acceptors (Lipinski definition) is 5. The van der Waals surface area contributed by atoms with Crippen LogP contribution in [0.15, 0.2) is 47.4 Å². The molecule has 2 aromatic rings. The molecular formula is C18H21ClN2O4S. The Labute approximate surface area is 158 Å². The predicted octanol–water partition coefficient (Wildman–Crippen LogP) is 3.90. The van der Waals surface area contributed by atoms with Crippen LogP contribution in [-0.2, 0) is 10.1 Å². The molecule has 0 spiro atoms. The van der Waals surface area contributed by atoms with Crippen LogP contribution in [0.4, 0.5) is 0 Å². The summed E-state index contributed by atoms with van der Waals surface area (Å²) in [6.45, 7) is 2.25. The fraction of sp³-hybridized carbons (Fsp3) is 0.278. The van der Waals surface area contributed by atoms with E-state index in [9.17, 15) is 8.42 Å². The molecule has 0 aliphatic rings. The Bertz CT molecular complexity index is 885. The minimum Gasteiger partial charge on any atom is -0.493 e. The van der Waals surface area contributed by atoms with E-state index in [1.165, 1.54) is 18.2 Å². The van der Waals surface area contributed by atoms with Gasteiger partial charge in [-0.15, -0.1) is 0 Å². The van der Waals surface area contributed by atoms with Crippen molar-refractivity contribution in [3.63, 3.8) is 0 Å². The van der Waals surface area contributed by atoms with Crippen molar-refractivity contribution < 1.29 is 17.3 Å². The van der Waals surface area contributed by atoms with E-state index in [1.54, 1.807) is 24.3 Å². The molecule has 6 nitrogen and oxygen atoms in total. The molecule has 0 bridgehead atoms. The molecule has 0 aliphatic heterocycles. The normalized spacial score (nSPS) is 11.2. The van der Waals surface area contributed by atoms with Crippen LogP contribution in [-0.4, -0.2) is 20.9 Å². The third-order valence-electron chi connectivity index (χ3n) is 3.45. The number of nitrogens with one attached hydrogen (secondary N) is 1. The molecular weight excluding hydrogens is 376 g/mol. The molecule has 0 amide bonds. The molecule has 0 aliphatic carbocycles. The van der Waals surface area contributed by atoms with Crippen molar-refractivity contribution in [3.8, 4) is 11.5 Å². The Kier molecular flexibility index (Phi) is 6.88. The molecule has 0 atom stereocenters. The Hall–Kier alpha value is -2.25. The molecule has 2 rings (SSSR count). The Morgan fingerprint density at radius 3 is 2.54 bits per heavy atom. The fourth-order valence-corrected chi connectivity index (χ4v) is 3.68. The molecule has 0 radical (unpaired) electrons. The second-order valence-corrected chi connectivity index (χ2v) is 7.70. The summed E-state index contributed by atoms with van der Waals surface area (Å²) in [7, 11) is -4.04. The van der Waals surface area contributed by atoms with E-state index in [2.05, 4.69) is 0 Å². The first kappa shape index (κ1) is 20.1. The predicted molar refractivity (Wildman–Crippen MR) is 102 cm³/mol. The van der Waals surface area contributed by atoms with Crippen LogP contribution in [0.2, 0.25) is 5.02 Å². The Morgan fingerprint density at radius 2 is 1.85 bits per heavy atom. The van der Waals surface area contributed by atoms with Gasteiger partial charge in [0.15, 0.2) is 0 Å². The first-order valence-corrected chi connectivity index (χ1v) is 9.83. The smallest absolute Gasteiger partial charge is 0.340 e. The molecule has 26 heavy (non-hydrogen) atoms. The summed E-state index contributed by atoms with van der Waals surface area (Å²) in [6.07, 6.45) is 2.02. The Morgan fingerprint density at radius 1 is 1.15 bits per heavy atom. The van der Waals surface area contributed by atoms with Gasteiger partial charge in [-0.3, -0.25) is 5.41 Å². The first-order chi connectivity index (χ1) is 12.3. The van der Waals surface area contributed by atoms with Gasteiger partial charge in [-0.25, -0.2) is 0 Å². The summed E-state index contributed by atoms with van der Waals surface area (Å²) in [5.41, 5.74) is 6.10. The zero-order valence-corrected chi connectivity index (χ0v) is 15.9. The van der Waals surface area contributed by atoms with Crippen LogP contribution in [0.3, 0.4) is 0 Å². The van der Waals surface area contributed by atoms with Gasteiger partial charge in [-0.1, -0.05) is 23.7 Å². The second kappa shape index (κ2) is 8.91. The average molecular weight is 397 g/mol. The van der Waals surface area contributed by atoms with E-state index in [-0.39, 0.29) is 21.5 Å². The van der Waals surface area contributed by atoms with Crippen LogP contribution in [0.1, 0.15) is 24.8 Å². The van der Waals surface area contributed by atoms with Gasteiger partial charge in [0.1, 0.15) is 16.4 Å². The summed E-state index contributed by atoms with van der Waals surface area (Å²) in [5.74, 6) is 0.821. The van der Waals surface area contributed by atoms with E-state index in [4.69, 9.17) is 31.7 Å². The van der Waals surface area contributed by atoms with E-state index < -0.39 is 10.1 Å². The number of unbranched alkanes of at least 4 members (excludes halogenated alkanes) is 1. The van der Waals surface area contributed by atoms with Crippen molar-refractivity contribution in [2.75, 3.05) is 6.61 Å². The molecule has 0 heterocycles. The SMILES string of the molecule is Cc1cc(OCCCCC(=N)N)cc(OS(=O)(=O)c2ccccc2Cl)c1. The van der Waals surface area contributed by atoms with Crippen LogP contribution < -0.4 is 14.7 Å². The third-order valence-corrected chi connectivity index (χ3v) is 5.19. The second-order valence-electron chi connectivity index (χ2n) is 5.78. The van der Waals surface area contributed by atoms with Gasteiger partial charge in [-0.2, -0.15) is 8.42 Å². The van der Waals surface area contributed by atoms with Crippen LogP contribution in [0.25, 0.3) is 0 Å². The first-order valence-electron chi connectivity index (χ1n) is 8.04. The molecule has 0 saturated carbocycles. The lowest BCUT2D eigenvalue weighted by molar-refractivity contribution is 0.307. The maximum absolute atomic E-state index is 12.4. The monoisotopic (exact) mass is 396 g/mol. The van der Waals surface area contributed by atoms with E-state index in [0.29, 0.717) is 18.8 Å². The van der Waals surface area contributed by atoms with Crippen LogP contribution in [0.5, 0.6) is 11.5 Å². The van der Waals surface area contributed by atoms with Gasteiger partial charge in [0.05, 0.1) is 17.5 Å². The van der Waals surface area contributed by atoms with E-state index >= 15 is 0 Å². The largest absolute Gasteiger partial charge is 0.493 e.